The molecule has 0 saturated heterocycles. The van der Waals surface area contributed by atoms with Crippen molar-refractivity contribution in [1.82, 2.24) is 31.6 Å². The smallest absolute Gasteiger partial charge is 0.252 e. The zero-order valence-electron chi connectivity index (χ0n) is 28.0. The molecule has 258 valence electrons. The molecule has 0 unspecified atom stereocenters. The molecule has 1 spiro atoms. The highest BCUT2D eigenvalue weighted by molar-refractivity contribution is 6.00. The summed E-state index contributed by atoms with van der Waals surface area (Å²) in [6.45, 7) is 5.82. The molecular weight excluding hydrogens is 624 g/mol. The molecule has 2 aromatic carbocycles. The molecule has 3 heterocycles. The Balaban J connectivity index is 1.42. The number of carbonyl (C=O) groups is 5. The summed E-state index contributed by atoms with van der Waals surface area (Å²) in [5, 5.41) is 14.3. The fraction of sp³-hybridized carbons (Fsp3) is 0.405. The van der Waals surface area contributed by atoms with Crippen LogP contribution in [-0.4, -0.2) is 70.8 Å². The zero-order chi connectivity index (χ0) is 35.0. The second kappa shape index (κ2) is 15.8. The van der Waals surface area contributed by atoms with Crippen LogP contribution in [0.15, 0.2) is 79.1 Å². The average Bonchev–Trinajstić information content (AvgIpc) is 3.87. The van der Waals surface area contributed by atoms with Gasteiger partial charge in [0.15, 0.2) is 0 Å². The number of fused-ring (bicyclic) bond motifs is 15. The molecule has 1 saturated carbocycles. The third kappa shape index (κ3) is 9.65. The van der Waals surface area contributed by atoms with Crippen LogP contribution >= 0.6 is 0 Å². The maximum atomic E-state index is 13.8. The van der Waals surface area contributed by atoms with Gasteiger partial charge >= 0.3 is 0 Å². The lowest BCUT2D eigenvalue weighted by atomic mass is 10.0. The molecule has 3 aromatic rings. The number of rotatable bonds is 6. The number of pyridine rings is 1. The van der Waals surface area contributed by atoms with E-state index in [1.165, 1.54) is 19.3 Å². The van der Waals surface area contributed by atoms with E-state index >= 15 is 0 Å². The largest absolute Gasteiger partial charge is 0.491 e. The molecule has 5 N–H and O–H groups in total. The van der Waals surface area contributed by atoms with Gasteiger partial charge in [0, 0.05) is 30.8 Å². The minimum Gasteiger partial charge on any atom is -0.491 e. The Morgan fingerprint density at radius 1 is 0.898 bits per heavy atom. The topological polar surface area (TPSA) is 168 Å². The molecule has 6 rings (SSSR count). The van der Waals surface area contributed by atoms with E-state index in [-0.39, 0.29) is 37.3 Å². The summed E-state index contributed by atoms with van der Waals surface area (Å²) in [7, 11) is 0. The summed E-state index contributed by atoms with van der Waals surface area (Å²) in [5.74, 6) is -1.59. The van der Waals surface area contributed by atoms with Gasteiger partial charge < -0.3 is 31.3 Å². The van der Waals surface area contributed by atoms with E-state index in [0.29, 0.717) is 30.6 Å². The van der Waals surface area contributed by atoms with E-state index < -0.39 is 47.3 Å². The molecule has 1 aliphatic carbocycles. The molecule has 1 fully saturated rings. The van der Waals surface area contributed by atoms with Gasteiger partial charge in [0.1, 0.15) is 36.0 Å². The Bertz CT molecular complexity index is 1630. The molecule has 0 radical (unpaired) electrons. The number of hydrogen-bond acceptors (Lipinski definition) is 7. The van der Waals surface area contributed by atoms with E-state index in [1.807, 2.05) is 30.3 Å². The lowest BCUT2D eigenvalue weighted by Crippen LogP contribution is -2.59. The Kier molecular flexibility index (Phi) is 11.3. The van der Waals surface area contributed by atoms with Crippen LogP contribution in [-0.2, 0) is 32.0 Å². The first-order valence-corrected chi connectivity index (χ1v) is 16.7. The van der Waals surface area contributed by atoms with Crippen molar-refractivity contribution in [3.8, 4) is 5.75 Å². The minimum absolute atomic E-state index is 0.137. The predicted octanol–water partition coefficient (Wildman–Crippen LogP) is 2.23. The van der Waals surface area contributed by atoms with Gasteiger partial charge in [-0.25, -0.2) is 0 Å². The van der Waals surface area contributed by atoms with Crippen LogP contribution in [0.2, 0.25) is 0 Å². The van der Waals surface area contributed by atoms with Crippen molar-refractivity contribution in [1.29, 1.82) is 0 Å². The molecule has 2 bridgehead atoms. The van der Waals surface area contributed by atoms with E-state index in [0.717, 1.165) is 11.1 Å². The molecule has 3 aliphatic rings. The third-order valence-corrected chi connectivity index (χ3v) is 8.68. The number of carbonyl (C=O) groups excluding carboxylic acids is 5. The molecule has 4 atom stereocenters. The highest BCUT2D eigenvalue weighted by atomic mass is 16.5. The van der Waals surface area contributed by atoms with Crippen LogP contribution in [0.1, 0.15) is 61.5 Å². The van der Waals surface area contributed by atoms with Crippen molar-refractivity contribution < 1.29 is 28.7 Å². The summed E-state index contributed by atoms with van der Waals surface area (Å²) in [6, 6.07) is 16.3. The lowest BCUT2D eigenvalue weighted by Gasteiger charge is -2.27. The van der Waals surface area contributed by atoms with E-state index in [2.05, 4.69) is 45.4 Å². The van der Waals surface area contributed by atoms with Crippen LogP contribution in [0.25, 0.3) is 0 Å². The molecule has 49 heavy (non-hydrogen) atoms. The van der Waals surface area contributed by atoms with E-state index in [4.69, 9.17) is 4.74 Å². The lowest BCUT2D eigenvalue weighted by molar-refractivity contribution is -0.134. The number of ether oxygens (including phenoxy) is 1. The van der Waals surface area contributed by atoms with E-state index in [9.17, 15) is 24.0 Å². The van der Waals surface area contributed by atoms with Gasteiger partial charge in [-0.05, 0) is 67.5 Å². The molecule has 12 nitrogen and oxygen atoms in total. The van der Waals surface area contributed by atoms with Crippen molar-refractivity contribution in [2.75, 3.05) is 6.61 Å². The van der Waals surface area contributed by atoms with Crippen molar-refractivity contribution in [3.05, 3.63) is 95.8 Å². The summed E-state index contributed by atoms with van der Waals surface area (Å²) in [4.78, 5) is 71.4. The summed E-state index contributed by atoms with van der Waals surface area (Å²) >= 11 is 0. The standard InChI is InChI=1S/C37H44N6O6/c1-23(2)19-28-22-49-29-11-9-26(10-12-29)21-30(41-33(45)27-13-17-38-18-14-27)34(46)39-24(3)32(44)43-37(15-16-37)36(48)42-31(35(47)40-28)20-25-7-5-4-6-8-25/h4-14,17-18,23-24,28,30-31H,15-16,19-22H2,1-3H3,(H,39,46)(H,40,47)(H,41,45)(H,42,48)(H,43,44)/t24-,28+,30+,31-/m1/s1. The van der Waals surface area contributed by atoms with Crippen LogP contribution in [0.4, 0.5) is 0 Å². The van der Waals surface area contributed by atoms with Crippen LogP contribution in [0.3, 0.4) is 0 Å². The highest BCUT2D eigenvalue weighted by Crippen LogP contribution is 2.36. The number of nitrogens with zero attached hydrogens (tertiary/aromatic N) is 1. The van der Waals surface area contributed by atoms with Crippen molar-refractivity contribution in [2.24, 2.45) is 5.92 Å². The second-order valence-electron chi connectivity index (χ2n) is 13.3. The van der Waals surface area contributed by atoms with Gasteiger partial charge in [-0.1, -0.05) is 56.3 Å². The molecule has 12 heteroatoms. The zero-order valence-corrected chi connectivity index (χ0v) is 28.0. The maximum absolute atomic E-state index is 13.8. The summed E-state index contributed by atoms with van der Waals surface area (Å²) in [5.41, 5.74) is 0.741. The fourth-order valence-electron chi connectivity index (χ4n) is 5.76. The van der Waals surface area contributed by atoms with Crippen molar-refractivity contribution in [2.45, 2.75) is 82.6 Å². The van der Waals surface area contributed by atoms with Gasteiger partial charge in [0.2, 0.25) is 23.6 Å². The monoisotopic (exact) mass is 668 g/mol. The van der Waals surface area contributed by atoms with Gasteiger partial charge in [0.05, 0.1) is 6.04 Å². The Hall–Kier alpha value is -5.26. The van der Waals surface area contributed by atoms with Crippen molar-refractivity contribution >= 4 is 29.5 Å². The van der Waals surface area contributed by atoms with Crippen LogP contribution in [0, 0.1) is 5.92 Å². The minimum atomic E-state index is -1.21. The normalized spacial score (nSPS) is 23.0. The third-order valence-electron chi connectivity index (χ3n) is 8.68. The van der Waals surface area contributed by atoms with Crippen LogP contribution < -0.4 is 31.3 Å². The molecule has 1 aromatic heterocycles. The fourth-order valence-corrected chi connectivity index (χ4v) is 5.76. The number of nitrogens with one attached hydrogen (secondary N) is 5. The number of hydrogen-bond donors (Lipinski definition) is 5. The molecular formula is C37H44N6O6. The summed E-state index contributed by atoms with van der Waals surface area (Å²) in [6.07, 6.45) is 4.76. The van der Waals surface area contributed by atoms with E-state index in [1.54, 1.807) is 36.4 Å². The Morgan fingerprint density at radius 2 is 1.59 bits per heavy atom. The predicted molar refractivity (Wildman–Crippen MR) is 182 cm³/mol. The van der Waals surface area contributed by atoms with Crippen LogP contribution in [0.5, 0.6) is 5.75 Å². The first-order valence-electron chi connectivity index (χ1n) is 16.7. The number of aromatic nitrogens is 1. The Morgan fingerprint density at radius 3 is 2.24 bits per heavy atom. The maximum Gasteiger partial charge on any atom is 0.252 e. The van der Waals surface area contributed by atoms with Gasteiger partial charge in [-0.3, -0.25) is 29.0 Å². The second-order valence-corrected chi connectivity index (χ2v) is 13.3. The first-order chi connectivity index (χ1) is 23.5. The van der Waals surface area contributed by atoms with Gasteiger partial charge in [-0.15, -0.1) is 0 Å². The average molecular weight is 669 g/mol. The Labute approximate surface area is 286 Å². The quantitative estimate of drug-likeness (QED) is 0.251. The van der Waals surface area contributed by atoms with Gasteiger partial charge in [0.25, 0.3) is 5.91 Å². The van der Waals surface area contributed by atoms with Crippen molar-refractivity contribution in [3.63, 3.8) is 0 Å². The summed E-state index contributed by atoms with van der Waals surface area (Å²) < 4.78 is 6.11. The number of amides is 5. The van der Waals surface area contributed by atoms with Gasteiger partial charge in [-0.2, -0.15) is 0 Å². The molecule has 2 aliphatic heterocycles. The molecule has 5 amide bonds. The SMILES string of the molecule is CC(C)C[C@H]1COc2ccc(cc2)C[C@H](NC(=O)c2ccncc2)C(=O)N[C@H](C)C(=O)NC2(CC2)C(=O)N[C@H](Cc2ccccc2)C(=O)N1. The first kappa shape index (κ1) is 35.1. The highest BCUT2D eigenvalue weighted by Gasteiger charge is 2.52. The number of benzene rings is 2.